The van der Waals surface area contributed by atoms with Crippen LogP contribution in [0.4, 0.5) is 4.39 Å². The highest BCUT2D eigenvalue weighted by Gasteiger charge is 2.41. The highest BCUT2D eigenvalue weighted by Crippen LogP contribution is 2.43. The Kier molecular flexibility index (Phi) is 9.64. The maximum atomic E-state index is 12.5. The lowest BCUT2D eigenvalue weighted by Crippen LogP contribution is -2.55. The number of aromatic carboxylic acids is 1. The number of halogens is 4. The van der Waals surface area contributed by atoms with Gasteiger partial charge in [-0.15, -0.1) is 12.4 Å². The summed E-state index contributed by atoms with van der Waals surface area (Å²) in [6.45, 7) is 3.75. The zero-order valence-corrected chi connectivity index (χ0v) is 24.6. The van der Waals surface area contributed by atoms with Gasteiger partial charge in [0.1, 0.15) is 0 Å². The van der Waals surface area contributed by atoms with Gasteiger partial charge in [-0.3, -0.25) is 4.39 Å². The van der Waals surface area contributed by atoms with Crippen LogP contribution in [0.25, 0.3) is 11.1 Å². The number of nitrogens with zero attached hydrogens (tertiary/aromatic N) is 1. The Balaban J connectivity index is 0.00000370. The van der Waals surface area contributed by atoms with Gasteiger partial charge in [0.05, 0.1) is 17.8 Å². The van der Waals surface area contributed by atoms with Crippen molar-refractivity contribution in [2.75, 3.05) is 26.3 Å². The first kappa shape index (κ1) is 30.5. The van der Waals surface area contributed by atoms with E-state index in [4.69, 9.17) is 23.2 Å². The fourth-order valence-corrected chi connectivity index (χ4v) is 6.38. The van der Waals surface area contributed by atoms with Crippen LogP contribution in [0.5, 0.6) is 0 Å². The second-order valence-electron chi connectivity index (χ2n) is 10.7. The Morgan fingerprint density at radius 2 is 1.73 bits per heavy atom. The molecule has 2 N–H and O–H groups in total. The largest absolute Gasteiger partial charge is 0.478 e. The summed E-state index contributed by atoms with van der Waals surface area (Å²) in [5.41, 5.74) is 6.06. The average Bonchev–Trinajstić information content (AvgIpc) is 3.07. The minimum Gasteiger partial charge on any atom is -0.478 e. The van der Waals surface area contributed by atoms with Crippen LogP contribution in [0.3, 0.4) is 0 Å². The number of hydrogen-bond donors (Lipinski definition) is 2. The van der Waals surface area contributed by atoms with E-state index < -0.39 is 11.6 Å². The van der Waals surface area contributed by atoms with Crippen molar-refractivity contribution in [2.45, 2.75) is 38.2 Å². The molecule has 212 valence electrons. The summed E-state index contributed by atoms with van der Waals surface area (Å²) in [6, 6.07) is 18.9. The predicted molar refractivity (Wildman–Crippen MR) is 163 cm³/mol. The van der Waals surface area contributed by atoms with E-state index in [1.807, 2.05) is 49.4 Å². The van der Waals surface area contributed by atoms with Crippen molar-refractivity contribution in [1.29, 1.82) is 0 Å². The first-order valence-electron chi connectivity index (χ1n) is 13.4. The maximum Gasteiger partial charge on any atom is 0.335 e. The van der Waals surface area contributed by atoms with E-state index in [0.717, 1.165) is 77.9 Å². The summed E-state index contributed by atoms with van der Waals surface area (Å²) < 4.78 is 12.5. The Morgan fingerprint density at radius 3 is 2.38 bits per heavy atom. The number of fused-ring (bicyclic) bond motifs is 1. The van der Waals surface area contributed by atoms with Crippen molar-refractivity contribution in [2.24, 2.45) is 5.92 Å². The first-order valence-corrected chi connectivity index (χ1v) is 14.1. The van der Waals surface area contributed by atoms with Crippen molar-refractivity contribution in [1.82, 2.24) is 4.90 Å². The van der Waals surface area contributed by atoms with E-state index in [9.17, 15) is 19.4 Å². The van der Waals surface area contributed by atoms with Gasteiger partial charge in [0.25, 0.3) is 0 Å². The summed E-state index contributed by atoms with van der Waals surface area (Å²) in [7, 11) is 0. The maximum absolute atomic E-state index is 12.5. The second-order valence-corrected chi connectivity index (χ2v) is 11.6. The van der Waals surface area contributed by atoms with E-state index in [-0.39, 0.29) is 30.6 Å². The van der Waals surface area contributed by atoms with E-state index in [2.05, 4.69) is 4.90 Å². The number of allylic oxidation sites excluding steroid dienone is 1. The number of rotatable bonds is 8. The van der Waals surface area contributed by atoms with Crippen LogP contribution in [0.1, 0.15) is 64.4 Å². The highest BCUT2D eigenvalue weighted by molar-refractivity contribution is 6.36. The topological polar surface area (TPSA) is 60.8 Å². The third kappa shape index (κ3) is 6.09. The molecule has 1 aliphatic carbocycles. The van der Waals surface area contributed by atoms with Gasteiger partial charge in [-0.25, -0.2) is 4.79 Å². The normalized spacial score (nSPS) is 17.3. The quantitative estimate of drug-likeness (QED) is 0.274. The van der Waals surface area contributed by atoms with Gasteiger partial charge in [-0.1, -0.05) is 59.6 Å². The minimum absolute atomic E-state index is 0. The van der Waals surface area contributed by atoms with Crippen LogP contribution in [-0.4, -0.2) is 47.4 Å². The second kappa shape index (κ2) is 12.6. The monoisotopic (exact) mass is 603 g/mol. The smallest absolute Gasteiger partial charge is 0.335 e. The van der Waals surface area contributed by atoms with Crippen molar-refractivity contribution in [3.05, 3.63) is 104 Å². The summed E-state index contributed by atoms with van der Waals surface area (Å²) in [5, 5.41) is 22.1. The number of likely N-dealkylation sites (tertiary alicyclic amines) is 1. The van der Waals surface area contributed by atoms with E-state index in [1.165, 1.54) is 0 Å². The molecule has 3 aromatic carbocycles. The van der Waals surface area contributed by atoms with Crippen LogP contribution in [0, 0.1) is 5.92 Å². The number of carboxylic acids is 1. The number of carboxylic acid groups (broad SMARTS) is 1. The molecule has 3 aromatic rings. The molecule has 0 amide bonds. The van der Waals surface area contributed by atoms with E-state index in [0.29, 0.717) is 16.5 Å². The van der Waals surface area contributed by atoms with Gasteiger partial charge in [0, 0.05) is 35.6 Å². The molecular formula is C32H33Cl3FNO3. The molecule has 1 aliphatic heterocycles. The molecule has 0 spiro atoms. The zero-order valence-electron chi connectivity index (χ0n) is 22.3. The molecule has 40 heavy (non-hydrogen) atoms. The molecule has 0 bridgehead atoms. The highest BCUT2D eigenvalue weighted by atomic mass is 35.5. The molecule has 0 saturated carbocycles. The number of aryl methyl sites for hydroxylation is 1. The fourth-order valence-electron chi connectivity index (χ4n) is 5.86. The number of aliphatic hydroxyl groups is 1. The Labute approximate surface area is 250 Å². The van der Waals surface area contributed by atoms with Crippen LogP contribution in [0.2, 0.25) is 10.0 Å². The summed E-state index contributed by atoms with van der Waals surface area (Å²) >= 11 is 12.9. The van der Waals surface area contributed by atoms with Crippen molar-refractivity contribution in [3.8, 4) is 0 Å². The summed E-state index contributed by atoms with van der Waals surface area (Å²) in [5.74, 6) is -0.863. The number of alkyl halides is 1. The summed E-state index contributed by atoms with van der Waals surface area (Å²) in [6.07, 6.45) is 2.89. The number of hydrogen-bond acceptors (Lipinski definition) is 3. The van der Waals surface area contributed by atoms with Crippen LogP contribution in [-0.2, 0) is 12.0 Å². The van der Waals surface area contributed by atoms with Crippen LogP contribution in [0.15, 0.2) is 60.7 Å². The zero-order chi connectivity index (χ0) is 27.7. The van der Waals surface area contributed by atoms with Gasteiger partial charge in [0.2, 0.25) is 0 Å². The van der Waals surface area contributed by atoms with E-state index >= 15 is 0 Å². The Morgan fingerprint density at radius 1 is 1.02 bits per heavy atom. The standard InChI is InChI=1S/C32H32Cl2FNO3.ClH/c1-32(39,24-18-36(19-24)15-3-14-35)23-9-6-20(7-10-23)30-26-12-8-22(31(37)38)16-21(26)4-2-5-28(30)27-13-11-25(33)17-29(27)34;/h6-13,16-17,24,39H,2-5,14-15,18-19H2,1H3,(H,37,38);1H. The predicted octanol–water partition coefficient (Wildman–Crippen LogP) is 7.91. The molecule has 8 heteroatoms. The van der Waals surface area contributed by atoms with Crippen molar-refractivity contribution < 1.29 is 19.4 Å². The molecule has 0 radical (unpaired) electrons. The first-order chi connectivity index (χ1) is 18.7. The van der Waals surface area contributed by atoms with E-state index in [1.54, 1.807) is 18.2 Å². The molecule has 1 saturated heterocycles. The fraction of sp³-hybridized carbons (Fsp3) is 0.344. The van der Waals surface area contributed by atoms with Gasteiger partial charge < -0.3 is 15.1 Å². The van der Waals surface area contributed by atoms with Gasteiger partial charge >= 0.3 is 5.97 Å². The van der Waals surface area contributed by atoms with Crippen LogP contribution < -0.4 is 0 Å². The average molecular weight is 605 g/mol. The van der Waals surface area contributed by atoms with Gasteiger partial charge in [0.15, 0.2) is 0 Å². The molecule has 0 aromatic heterocycles. The molecule has 1 unspecified atom stereocenters. The van der Waals surface area contributed by atoms with Crippen LogP contribution >= 0.6 is 35.6 Å². The van der Waals surface area contributed by atoms with Crippen molar-refractivity contribution in [3.63, 3.8) is 0 Å². The summed E-state index contributed by atoms with van der Waals surface area (Å²) in [4.78, 5) is 13.9. The SMILES string of the molecule is CC(O)(c1ccc(C2=C(c3ccc(Cl)cc3Cl)CCCc3cc(C(=O)O)ccc32)cc1)C1CN(CCCF)C1.Cl. The van der Waals surface area contributed by atoms with Crippen molar-refractivity contribution >= 4 is 52.7 Å². The minimum atomic E-state index is -1.00. The third-order valence-electron chi connectivity index (χ3n) is 8.17. The number of carbonyl (C=O) groups is 1. The lowest BCUT2D eigenvalue weighted by Gasteiger charge is -2.47. The molecule has 5 rings (SSSR count). The Bertz CT molecular complexity index is 1420. The van der Waals surface area contributed by atoms with Gasteiger partial charge in [-0.2, -0.15) is 0 Å². The molecule has 1 atom stereocenters. The molecule has 4 nitrogen and oxygen atoms in total. The molecule has 2 aliphatic rings. The van der Waals surface area contributed by atoms with Gasteiger partial charge in [-0.05, 0) is 95.8 Å². The molecule has 1 fully saturated rings. The Hall–Kier alpha value is -2.41. The molecule has 1 heterocycles. The lowest BCUT2D eigenvalue weighted by molar-refractivity contribution is -0.0796. The lowest BCUT2D eigenvalue weighted by atomic mass is 9.77. The molecular weight excluding hydrogens is 572 g/mol. The number of benzene rings is 3. The third-order valence-corrected chi connectivity index (χ3v) is 8.72.